The molecule has 0 fully saturated rings. The number of rotatable bonds is 7. The van der Waals surface area contributed by atoms with E-state index in [1.165, 1.54) is 0 Å². The molecule has 0 spiro atoms. The van der Waals surface area contributed by atoms with Gasteiger partial charge in [0.15, 0.2) is 0 Å². The average Bonchev–Trinajstić information content (AvgIpc) is 2.77. The fraction of sp³-hybridized carbons (Fsp3) is 0.571. The molecule has 5 nitrogen and oxygen atoms in total. The monoisotopic (exact) mass is 263 g/mol. The van der Waals surface area contributed by atoms with Crippen LogP contribution in [0.3, 0.4) is 0 Å². The molecule has 0 aromatic carbocycles. The van der Waals surface area contributed by atoms with E-state index in [-0.39, 0.29) is 12.5 Å². The summed E-state index contributed by atoms with van der Waals surface area (Å²) in [6.07, 6.45) is 4.34. The van der Waals surface area contributed by atoms with Gasteiger partial charge in [0.2, 0.25) is 0 Å². The minimum absolute atomic E-state index is 0.142. The van der Waals surface area contributed by atoms with Crippen molar-refractivity contribution < 1.29 is 9.90 Å². The van der Waals surface area contributed by atoms with E-state index in [9.17, 15) is 4.79 Å². The Morgan fingerprint density at radius 3 is 2.84 bits per heavy atom. The van der Waals surface area contributed by atoms with Crippen LogP contribution >= 0.6 is 0 Å². The molecule has 104 valence electrons. The molecule has 0 aliphatic heterocycles. The fourth-order valence-corrected chi connectivity index (χ4v) is 2.12. The van der Waals surface area contributed by atoms with E-state index in [0.29, 0.717) is 30.1 Å². The van der Waals surface area contributed by atoms with Crippen molar-refractivity contribution in [3.8, 4) is 6.07 Å². The predicted molar refractivity (Wildman–Crippen MR) is 72.6 cm³/mol. The Balaban J connectivity index is 2.58. The number of nitriles is 1. The van der Waals surface area contributed by atoms with E-state index >= 15 is 0 Å². The highest BCUT2D eigenvalue weighted by Crippen LogP contribution is 2.10. The Bertz CT molecular complexity index is 454. The Morgan fingerprint density at radius 1 is 1.58 bits per heavy atom. The van der Waals surface area contributed by atoms with Crippen LogP contribution in [0.25, 0.3) is 0 Å². The van der Waals surface area contributed by atoms with Crippen molar-refractivity contribution in [3.05, 3.63) is 23.5 Å². The largest absolute Gasteiger partial charge is 0.396 e. The van der Waals surface area contributed by atoms with Crippen LogP contribution < -0.4 is 5.32 Å². The minimum Gasteiger partial charge on any atom is -0.396 e. The second-order valence-electron chi connectivity index (χ2n) is 4.71. The number of nitrogens with one attached hydrogen (secondary N) is 1. The summed E-state index contributed by atoms with van der Waals surface area (Å²) in [4.78, 5) is 12.0. The predicted octanol–water partition coefficient (Wildman–Crippen LogP) is 1.43. The highest BCUT2D eigenvalue weighted by atomic mass is 16.3. The Hall–Kier alpha value is -1.80. The Kier molecular flexibility index (Phi) is 6.10. The van der Waals surface area contributed by atoms with Crippen LogP contribution in [0.4, 0.5) is 0 Å². The van der Waals surface area contributed by atoms with Crippen molar-refractivity contribution in [1.82, 2.24) is 9.88 Å². The topological polar surface area (TPSA) is 78.1 Å². The number of aryl methyl sites for hydroxylation is 1. The van der Waals surface area contributed by atoms with Crippen molar-refractivity contribution in [3.63, 3.8) is 0 Å². The highest BCUT2D eigenvalue weighted by molar-refractivity contribution is 5.93. The van der Waals surface area contributed by atoms with Crippen molar-refractivity contribution in [2.24, 2.45) is 13.0 Å². The van der Waals surface area contributed by atoms with Gasteiger partial charge in [0.1, 0.15) is 11.8 Å². The molecule has 0 aliphatic rings. The number of carbonyl (C=O) groups excluding carboxylic acids is 1. The quantitative estimate of drug-likeness (QED) is 0.781. The van der Waals surface area contributed by atoms with Gasteiger partial charge in [0.25, 0.3) is 5.91 Å². The van der Waals surface area contributed by atoms with Gasteiger partial charge < -0.3 is 15.0 Å². The second kappa shape index (κ2) is 7.59. The van der Waals surface area contributed by atoms with E-state index in [1.54, 1.807) is 23.9 Å². The number of nitrogens with zero attached hydrogens (tertiary/aromatic N) is 2. The van der Waals surface area contributed by atoms with Crippen LogP contribution in [0, 0.1) is 17.2 Å². The number of carbonyl (C=O) groups is 1. The molecule has 0 saturated heterocycles. The first-order valence-electron chi connectivity index (χ1n) is 6.57. The molecular formula is C14H21N3O2. The third-order valence-corrected chi connectivity index (χ3v) is 3.15. The molecule has 0 radical (unpaired) electrons. The molecule has 1 atom stereocenters. The summed E-state index contributed by atoms with van der Waals surface area (Å²) in [5.74, 6) is 0.123. The summed E-state index contributed by atoms with van der Waals surface area (Å²) in [7, 11) is 1.74. The van der Waals surface area contributed by atoms with E-state index in [2.05, 4.69) is 12.2 Å². The number of hydrogen-bond donors (Lipinski definition) is 2. The fourth-order valence-electron chi connectivity index (χ4n) is 2.12. The van der Waals surface area contributed by atoms with Gasteiger partial charge in [-0.2, -0.15) is 5.26 Å². The molecule has 1 amide bonds. The molecule has 2 N–H and O–H groups in total. The summed E-state index contributed by atoms with van der Waals surface area (Å²) in [6, 6.07) is 3.59. The number of aliphatic hydroxyl groups excluding tert-OH is 1. The van der Waals surface area contributed by atoms with Crippen molar-refractivity contribution in [1.29, 1.82) is 5.26 Å². The van der Waals surface area contributed by atoms with Crippen LogP contribution in [0.5, 0.6) is 0 Å². The molecule has 5 heteroatoms. The van der Waals surface area contributed by atoms with E-state index < -0.39 is 0 Å². The first kappa shape index (κ1) is 15.3. The van der Waals surface area contributed by atoms with Crippen LogP contribution in [0.2, 0.25) is 0 Å². The van der Waals surface area contributed by atoms with Crippen LogP contribution in [0.15, 0.2) is 12.3 Å². The highest BCUT2D eigenvalue weighted by Gasteiger charge is 2.14. The minimum atomic E-state index is -0.178. The Morgan fingerprint density at radius 2 is 2.32 bits per heavy atom. The number of hydrogen-bond acceptors (Lipinski definition) is 3. The molecule has 0 aliphatic carbocycles. The smallest absolute Gasteiger partial charge is 0.267 e. The number of aliphatic hydroxyl groups is 1. The van der Waals surface area contributed by atoms with Gasteiger partial charge >= 0.3 is 0 Å². The lowest BCUT2D eigenvalue weighted by atomic mass is 10.0. The van der Waals surface area contributed by atoms with E-state index in [4.69, 9.17) is 10.4 Å². The summed E-state index contributed by atoms with van der Waals surface area (Å²) in [6.45, 7) is 2.78. The number of aromatic nitrogens is 1. The molecular weight excluding hydrogens is 242 g/mol. The zero-order valence-electron chi connectivity index (χ0n) is 11.5. The average molecular weight is 263 g/mol. The maximum atomic E-state index is 12.0. The van der Waals surface area contributed by atoms with Gasteiger partial charge in [-0.1, -0.05) is 13.3 Å². The third-order valence-electron chi connectivity index (χ3n) is 3.15. The standard InChI is InChI=1S/C14H21N3O2/c1-3-4-11(5-6-18)9-16-14(19)13-7-12(8-15)10-17(13)2/h7,10-11,18H,3-6,9H2,1-2H3,(H,16,19). The van der Waals surface area contributed by atoms with Gasteiger partial charge in [0, 0.05) is 26.4 Å². The van der Waals surface area contributed by atoms with Crippen LogP contribution in [-0.4, -0.2) is 28.7 Å². The molecule has 1 rings (SSSR count). The van der Waals surface area contributed by atoms with Crippen molar-refractivity contribution in [2.75, 3.05) is 13.2 Å². The van der Waals surface area contributed by atoms with Crippen LogP contribution in [-0.2, 0) is 7.05 Å². The lowest BCUT2D eigenvalue weighted by Crippen LogP contribution is -2.30. The SMILES string of the molecule is CCCC(CCO)CNC(=O)c1cc(C#N)cn1C. The van der Waals surface area contributed by atoms with Gasteiger partial charge in [-0.3, -0.25) is 4.79 Å². The summed E-state index contributed by atoms with van der Waals surface area (Å²) in [5.41, 5.74) is 0.962. The molecule has 19 heavy (non-hydrogen) atoms. The van der Waals surface area contributed by atoms with E-state index in [1.807, 2.05) is 6.07 Å². The maximum Gasteiger partial charge on any atom is 0.267 e. The van der Waals surface area contributed by atoms with Crippen molar-refractivity contribution >= 4 is 5.91 Å². The summed E-state index contributed by atoms with van der Waals surface area (Å²) >= 11 is 0. The molecule has 1 heterocycles. The summed E-state index contributed by atoms with van der Waals surface area (Å²) < 4.78 is 1.65. The first-order chi connectivity index (χ1) is 9.12. The van der Waals surface area contributed by atoms with Gasteiger partial charge in [-0.15, -0.1) is 0 Å². The van der Waals surface area contributed by atoms with Crippen molar-refractivity contribution in [2.45, 2.75) is 26.2 Å². The molecule has 1 aromatic heterocycles. The molecule has 0 bridgehead atoms. The third kappa shape index (κ3) is 4.42. The molecule has 1 aromatic rings. The maximum absolute atomic E-state index is 12.0. The normalized spacial score (nSPS) is 11.9. The Labute approximate surface area is 113 Å². The number of amides is 1. The lowest BCUT2D eigenvalue weighted by Gasteiger charge is -2.15. The molecule has 1 unspecified atom stereocenters. The zero-order valence-corrected chi connectivity index (χ0v) is 11.5. The van der Waals surface area contributed by atoms with Gasteiger partial charge in [-0.25, -0.2) is 0 Å². The zero-order chi connectivity index (χ0) is 14.3. The van der Waals surface area contributed by atoms with Gasteiger partial charge in [0.05, 0.1) is 5.56 Å². The summed E-state index contributed by atoms with van der Waals surface area (Å²) in [5, 5.41) is 20.6. The van der Waals surface area contributed by atoms with Gasteiger partial charge in [-0.05, 0) is 24.8 Å². The van der Waals surface area contributed by atoms with E-state index in [0.717, 1.165) is 12.8 Å². The lowest BCUT2D eigenvalue weighted by molar-refractivity contribution is 0.0935. The van der Waals surface area contributed by atoms with Crippen LogP contribution in [0.1, 0.15) is 42.2 Å². The first-order valence-corrected chi connectivity index (χ1v) is 6.57. The second-order valence-corrected chi connectivity index (χ2v) is 4.71. The molecule has 0 saturated carbocycles.